The van der Waals surface area contributed by atoms with Crippen molar-refractivity contribution < 1.29 is 4.79 Å². The number of aromatic nitrogens is 5. The molecule has 10 nitrogen and oxygen atoms in total. The van der Waals surface area contributed by atoms with Gasteiger partial charge in [-0.05, 0) is 24.6 Å². The van der Waals surface area contributed by atoms with E-state index in [9.17, 15) is 19.2 Å². The van der Waals surface area contributed by atoms with Crippen LogP contribution < -0.4 is 22.1 Å². The second-order valence-corrected chi connectivity index (χ2v) is 7.41. The maximum absolute atomic E-state index is 12.5. The molecule has 0 spiro atoms. The Kier molecular flexibility index (Phi) is 5.59. The summed E-state index contributed by atoms with van der Waals surface area (Å²) in [6, 6.07) is 11.9. The van der Waals surface area contributed by atoms with Crippen molar-refractivity contribution in [1.82, 2.24) is 29.0 Å². The molecule has 0 unspecified atom stereocenters. The van der Waals surface area contributed by atoms with Crippen LogP contribution in [0.4, 0.5) is 0 Å². The molecule has 2 N–H and O–H groups in total. The molecule has 164 valence electrons. The molecular weight excluding hydrogens is 412 g/mol. The van der Waals surface area contributed by atoms with Crippen LogP contribution in [0.1, 0.15) is 22.6 Å². The standard InChI is InChI=1S/C22H22N6O4/c1-26-19-18(21(31)27(2)22(26)32)24-16(25-19)9-6-12-23-20(30)14-10-11-17(29)28(13-14)15-7-4-3-5-8-15/h3-5,7-8,10-11,13H,6,9,12H2,1-2H3,(H,23,30)(H,24,25). The first-order valence-corrected chi connectivity index (χ1v) is 10.1. The topological polar surface area (TPSA) is 124 Å². The number of hydrogen-bond donors (Lipinski definition) is 2. The van der Waals surface area contributed by atoms with Crippen molar-refractivity contribution in [3.63, 3.8) is 0 Å². The average Bonchev–Trinajstić information content (AvgIpc) is 3.24. The summed E-state index contributed by atoms with van der Waals surface area (Å²) >= 11 is 0. The average molecular weight is 434 g/mol. The Morgan fingerprint density at radius 3 is 2.53 bits per heavy atom. The predicted molar refractivity (Wildman–Crippen MR) is 119 cm³/mol. The predicted octanol–water partition coefficient (Wildman–Crippen LogP) is 0.474. The molecule has 0 aliphatic carbocycles. The van der Waals surface area contributed by atoms with Gasteiger partial charge < -0.3 is 10.3 Å². The van der Waals surface area contributed by atoms with Gasteiger partial charge in [0.2, 0.25) is 0 Å². The molecule has 1 amide bonds. The Morgan fingerprint density at radius 2 is 1.78 bits per heavy atom. The van der Waals surface area contributed by atoms with E-state index >= 15 is 0 Å². The van der Waals surface area contributed by atoms with Gasteiger partial charge in [-0.3, -0.25) is 28.1 Å². The van der Waals surface area contributed by atoms with Gasteiger partial charge in [0.25, 0.3) is 17.0 Å². The van der Waals surface area contributed by atoms with Gasteiger partial charge in [0.05, 0.1) is 5.56 Å². The van der Waals surface area contributed by atoms with Crippen molar-refractivity contribution in [2.75, 3.05) is 6.54 Å². The minimum atomic E-state index is -0.440. The number of carbonyl (C=O) groups excluding carboxylic acids is 1. The third kappa shape index (κ3) is 3.89. The smallest absolute Gasteiger partial charge is 0.332 e. The molecule has 10 heteroatoms. The number of pyridine rings is 1. The fourth-order valence-electron chi connectivity index (χ4n) is 3.46. The van der Waals surface area contributed by atoms with Crippen molar-refractivity contribution in [2.24, 2.45) is 14.1 Å². The van der Waals surface area contributed by atoms with Crippen LogP contribution in [0.15, 0.2) is 63.0 Å². The van der Waals surface area contributed by atoms with Crippen molar-refractivity contribution in [3.05, 3.63) is 91.2 Å². The van der Waals surface area contributed by atoms with E-state index in [2.05, 4.69) is 15.3 Å². The Hall–Kier alpha value is -4.21. The van der Waals surface area contributed by atoms with Crippen LogP contribution in [0.5, 0.6) is 0 Å². The lowest BCUT2D eigenvalue weighted by atomic mass is 10.2. The minimum absolute atomic E-state index is 0.224. The lowest BCUT2D eigenvalue weighted by molar-refractivity contribution is 0.0952. The zero-order valence-corrected chi connectivity index (χ0v) is 17.7. The summed E-state index contributed by atoms with van der Waals surface area (Å²) in [6.45, 7) is 0.372. The number of amides is 1. The molecule has 0 saturated carbocycles. The fraction of sp³-hybridized carbons (Fsp3) is 0.227. The number of rotatable bonds is 6. The molecule has 0 fully saturated rings. The normalized spacial score (nSPS) is 11.1. The maximum atomic E-state index is 12.5. The summed E-state index contributed by atoms with van der Waals surface area (Å²) in [5.74, 6) is 0.265. The molecular formula is C22H22N6O4. The quantitative estimate of drug-likeness (QED) is 0.427. The van der Waals surface area contributed by atoms with Crippen molar-refractivity contribution in [1.29, 1.82) is 0 Å². The van der Waals surface area contributed by atoms with Crippen LogP contribution in [-0.2, 0) is 20.5 Å². The van der Waals surface area contributed by atoms with Gasteiger partial charge in [-0.2, -0.15) is 0 Å². The number of carbonyl (C=O) groups is 1. The van der Waals surface area contributed by atoms with Gasteiger partial charge in [-0.1, -0.05) is 18.2 Å². The number of nitrogens with zero attached hydrogens (tertiary/aromatic N) is 4. The third-order valence-corrected chi connectivity index (χ3v) is 5.23. The molecule has 1 aromatic carbocycles. The molecule has 3 heterocycles. The summed E-state index contributed by atoms with van der Waals surface area (Å²) in [5, 5.41) is 2.83. The van der Waals surface area contributed by atoms with Gasteiger partial charge in [0.1, 0.15) is 11.3 Å². The van der Waals surface area contributed by atoms with Crippen molar-refractivity contribution in [3.8, 4) is 5.69 Å². The Bertz CT molecular complexity index is 1480. The molecule has 0 radical (unpaired) electrons. The number of hydrogen-bond acceptors (Lipinski definition) is 5. The summed E-state index contributed by atoms with van der Waals surface area (Å²) in [4.78, 5) is 56.3. The number of aromatic amines is 1. The fourth-order valence-corrected chi connectivity index (χ4v) is 3.46. The highest BCUT2D eigenvalue weighted by atomic mass is 16.2. The van der Waals surface area contributed by atoms with E-state index in [0.717, 1.165) is 4.57 Å². The van der Waals surface area contributed by atoms with Gasteiger partial charge >= 0.3 is 5.69 Å². The second kappa shape index (κ2) is 8.50. The first-order valence-electron chi connectivity index (χ1n) is 10.1. The number of imidazole rings is 1. The van der Waals surface area contributed by atoms with Crippen LogP contribution in [0, 0.1) is 0 Å². The van der Waals surface area contributed by atoms with E-state index in [1.807, 2.05) is 18.2 Å². The summed E-state index contributed by atoms with van der Waals surface area (Å²) in [5.41, 5.74) is 0.539. The minimum Gasteiger partial charge on any atom is -0.352 e. The van der Waals surface area contributed by atoms with E-state index in [1.165, 1.54) is 34.5 Å². The molecule has 0 atom stereocenters. The number of H-pyrrole nitrogens is 1. The third-order valence-electron chi connectivity index (χ3n) is 5.23. The first kappa shape index (κ1) is 21.0. The zero-order valence-electron chi connectivity index (χ0n) is 17.7. The van der Waals surface area contributed by atoms with E-state index in [1.54, 1.807) is 19.2 Å². The molecule has 3 aromatic heterocycles. The highest BCUT2D eigenvalue weighted by Gasteiger charge is 2.13. The Balaban J connectivity index is 1.41. The molecule has 32 heavy (non-hydrogen) atoms. The largest absolute Gasteiger partial charge is 0.352 e. The summed E-state index contributed by atoms with van der Waals surface area (Å²) in [7, 11) is 2.98. The second-order valence-electron chi connectivity index (χ2n) is 7.41. The van der Waals surface area contributed by atoms with Gasteiger partial charge in [-0.15, -0.1) is 0 Å². The SMILES string of the molecule is Cn1c(=O)c2[nH]c(CCCNC(=O)c3ccc(=O)n(-c4ccccc4)c3)nc2n(C)c1=O. The van der Waals surface area contributed by atoms with Gasteiger partial charge in [0, 0.05) is 45.0 Å². The van der Waals surface area contributed by atoms with E-state index in [0.29, 0.717) is 42.1 Å². The monoisotopic (exact) mass is 434 g/mol. The number of fused-ring (bicyclic) bond motifs is 1. The molecule has 0 aliphatic heterocycles. The van der Waals surface area contributed by atoms with Gasteiger partial charge in [0.15, 0.2) is 5.65 Å². The van der Waals surface area contributed by atoms with Crippen molar-refractivity contribution >= 4 is 17.1 Å². The number of aryl methyl sites for hydroxylation is 2. The van der Waals surface area contributed by atoms with Gasteiger partial charge in [-0.25, -0.2) is 9.78 Å². The molecule has 0 saturated heterocycles. The van der Waals surface area contributed by atoms with Crippen LogP contribution in [0.3, 0.4) is 0 Å². The van der Waals surface area contributed by atoms with Crippen LogP contribution in [0.25, 0.3) is 16.9 Å². The van der Waals surface area contributed by atoms with E-state index < -0.39 is 11.2 Å². The number of benzene rings is 1. The summed E-state index contributed by atoms with van der Waals surface area (Å²) in [6.07, 6.45) is 2.57. The highest BCUT2D eigenvalue weighted by Crippen LogP contribution is 2.07. The molecule has 4 rings (SSSR count). The molecule has 0 bridgehead atoms. The number of nitrogens with one attached hydrogen (secondary N) is 2. The zero-order chi connectivity index (χ0) is 22.8. The summed E-state index contributed by atoms with van der Waals surface area (Å²) < 4.78 is 3.77. The lowest BCUT2D eigenvalue weighted by Gasteiger charge is -2.09. The van der Waals surface area contributed by atoms with Crippen LogP contribution >= 0.6 is 0 Å². The van der Waals surface area contributed by atoms with Crippen molar-refractivity contribution in [2.45, 2.75) is 12.8 Å². The Labute approximate surface area is 181 Å². The van der Waals surface area contributed by atoms with Crippen LogP contribution in [-0.4, -0.2) is 36.1 Å². The lowest BCUT2D eigenvalue weighted by Crippen LogP contribution is -2.36. The molecule has 4 aromatic rings. The Morgan fingerprint density at radius 1 is 1.03 bits per heavy atom. The molecule has 0 aliphatic rings. The maximum Gasteiger partial charge on any atom is 0.332 e. The first-order chi connectivity index (χ1) is 15.4. The van der Waals surface area contributed by atoms with Crippen LogP contribution in [0.2, 0.25) is 0 Å². The van der Waals surface area contributed by atoms with E-state index in [-0.39, 0.29) is 17.0 Å². The number of para-hydroxylation sites is 1. The van der Waals surface area contributed by atoms with E-state index in [4.69, 9.17) is 0 Å². The highest BCUT2D eigenvalue weighted by molar-refractivity contribution is 5.93.